The largest absolute Gasteiger partial charge is 0.357 e. The molecule has 27 heavy (non-hydrogen) atoms. The number of piperazine rings is 1. The Morgan fingerprint density at radius 2 is 1.78 bits per heavy atom. The average Bonchev–Trinajstić information content (AvgIpc) is 3.25. The minimum atomic E-state index is 0.817. The molecule has 0 spiro atoms. The Morgan fingerprint density at radius 3 is 2.59 bits per heavy atom. The van der Waals surface area contributed by atoms with Crippen LogP contribution in [0.3, 0.4) is 0 Å². The molecule has 1 aliphatic rings. The van der Waals surface area contributed by atoms with Gasteiger partial charge in [0.2, 0.25) is 0 Å². The summed E-state index contributed by atoms with van der Waals surface area (Å²) in [4.78, 5) is 14.2. The molecule has 4 nitrogen and oxygen atoms in total. The topological polar surface area (TPSA) is 35.2 Å². The zero-order chi connectivity index (χ0) is 18.2. The number of nitrogens with one attached hydrogen (secondary N) is 1. The molecule has 0 aliphatic carbocycles. The number of rotatable bonds is 4. The Hall–Kier alpha value is -1.92. The molecule has 0 amide bonds. The number of hydrogen-bond donors (Lipinski definition) is 1. The Morgan fingerprint density at radius 1 is 0.963 bits per heavy atom. The van der Waals surface area contributed by atoms with Crippen molar-refractivity contribution >= 4 is 43.9 Å². The van der Waals surface area contributed by atoms with Gasteiger partial charge in [-0.25, -0.2) is 0 Å². The van der Waals surface area contributed by atoms with Crippen LogP contribution in [-0.4, -0.2) is 45.9 Å². The van der Waals surface area contributed by atoms with Crippen LogP contribution in [0.25, 0.3) is 21.0 Å². The van der Waals surface area contributed by atoms with Crippen molar-refractivity contribution in [2.45, 2.75) is 13.1 Å². The summed E-state index contributed by atoms with van der Waals surface area (Å²) in [5.74, 6) is 0. The quantitative estimate of drug-likeness (QED) is 0.540. The molecular weight excluding hydrogens is 376 g/mol. The van der Waals surface area contributed by atoms with Gasteiger partial charge in [-0.3, -0.25) is 14.8 Å². The minimum Gasteiger partial charge on any atom is -0.357 e. The van der Waals surface area contributed by atoms with E-state index in [1.807, 2.05) is 35.9 Å². The van der Waals surface area contributed by atoms with E-state index in [0.717, 1.165) is 44.3 Å². The molecule has 0 radical (unpaired) electrons. The van der Waals surface area contributed by atoms with Crippen molar-refractivity contribution in [1.82, 2.24) is 19.8 Å². The standard InChI is InChI=1S/C21H21ClN4S/c22-17-2-1-15-10-19(27-21(15)11-17)14-26-7-5-25(6-8-26)13-18-9-16-12-23-4-3-20(16)24-18/h1-4,9-12,24H,5-8,13-14H2. The highest BCUT2D eigenvalue weighted by Gasteiger charge is 2.18. The van der Waals surface area contributed by atoms with Gasteiger partial charge in [0.1, 0.15) is 0 Å². The fraction of sp³-hybridized carbons (Fsp3) is 0.286. The van der Waals surface area contributed by atoms with Gasteiger partial charge >= 0.3 is 0 Å². The summed E-state index contributed by atoms with van der Waals surface area (Å²) in [6.07, 6.45) is 3.76. The number of pyridine rings is 1. The maximum absolute atomic E-state index is 6.11. The SMILES string of the molecule is Clc1ccc2cc(CN3CCN(Cc4cc5cnccc5[nH]4)CC3)sc2c1. The number of aromatic nitrogens is 2. The highest BCUT2D eigenvalue weighted by Crippen LogP contribution is 2.29. The first-order valence-corrected chi connectivity index (χ1v) is 10.5. The first kappa shape index (κ1) is 17.2. The van der Waals surface area contributed by atoms with E-state index in [1.165, 1.54) is 31.6 Å². The third-order valence-electron chi connectivity index (χ3n) is 5.25. The monoisotopic (exact) mass is 396 g/mol. The van der Waals surface area contributed by atoms with E-state index in [0.29, 0.717) is 0 Å². The van der Waals surface area contributed by atoms with Crippen LogP contribution in [0.5, 0.6) is 0 Å². The van der Waals surface area contributed by atoms with Crippen LogP contribution < -0.4 is 0 Å². The van der Waals surface area contributed by atoms with E-state index in [2.05, 4.69) is 44.0 Å². The Kier molecular flexibility index (Phi) is 4.61. The van der Waals surface area contributed by atoms with Crippen LogP contribution in [0.2, 0.25) is 5.02 Å². The van der Waals surface area contributed by atoms with Crippen molar-refractivity contribution in [3.05, 3.63) is 64.4 Å². The molecule has 3 aromatic heterocycles. The van der Waals surface area contributed by atoms with Crippen molar-refractivity contribution in [2.75, 3.05) is 26.2 Å². The molecule has 1 N–H and O–H groups in total. The summed E-state index contributed by atoms with van der Waals surface area (Å²) >= 11 is 7.97. The van der Waals surface area contributed by atoms with E-state index in [1.54, 1.807) is 0 Å². The van der Waals surface area contributed by atoms with E-state index in [9.17, 15) is 0 Å². The second-order valence-corrected chi connectivity index (χ2v) is 8.81. The summed E-state index contributed by atoms with van der Waals surface area (Å²) in [5.41, 5.74) is 2.44. The molecule has 1 aliphatic heterocycles. The van der Waals surface area contributed by atoms with Crippen molar-refractivity contribution in [3.63, 3.8) is 0 Å². The lowest BCUT2D eigenvalue weighted by Gasteiger charge is -2.34. The van der Waals surface area contributed by atoms with E-state index in [4.69, 9.17) is 11.6 Å². The van der Waals surface area contributed by atoms with Crippen molar-refractivity contribution in [1.29, 1.82) is 0 Å². The van der Waals surface area contributed by atoms with Gasteiger partial charge in [-0.05, 0) is 35.7 Å². The zero-order valence-electron chi connectivity index (χ0n) is 15.0. The summed E-state index contributed by atoms with van der Waals surface area (Å²) in [6, 6.07) is 12.7. The number of thiophene rings is 1. The van der Waals surface area contributed by atoms with Crippen LogP contribution in [0.4, 0.5) is 0 Å². The van der Waals surface area contributed by atoms with Crippen molar-refractivity contribution < 1.29 is 0 Å². The molecule has 0 bridgehead atoms. The number of hydrogen-bond acceptors (Lipinski definition) is 4. The number of benzene rings is 1. The Bertz CT molecular complexity index is 1050. The van der Waals surface area contributed by atoms with Crippen LogP contribution in [-0.2, 0) is 13.1 Å². The van der Waals surface area contributed by atoms with Crippen LogP contribution in [0.1, 0.15) is 10.6 Å². The molecule has 1 saturated heterocycles. The number of H-pyrrole nitrogens is 1. The molecule has 6 heteroatoms. The third kappa shape index (κ3) is 3.73. The van der Waals surface area contributed by atoms with Crippen LogP contribution >= 0.6 is 22.9 Å². The van der Waals surface area contributed by atoms with Gasteiger partial charge in [-0.1, -0.05) is 17.7 Å². The number of halogens is 1. The fourth-order valence-corrected chi connectivity index (χ4v) is 5.21. The molecule has 4 aromatic rings. The molecule has 5 rings (SSSR count). The predicted molar refractivity (Wildman–Crippen MR) is 113 cm³/mol. The van der Waals surface area contributed by atoms with E-state index in [-0.39, 0.29) is 0 Å². The third-order valence-corrected chi connectivity index (χ3v) is 6.57. The van der Waals surface area contributed by atoms with Gasteiger partial charge in [-0.15, -0.1) is 11.3 Å². The second kappa shape index (κ2) is 7.24. The molecule has 0 saturated carbocycles. The number of aromatic amines is 1. The van der Waals surface area contributed by atoms with Gasteiger partial charge in [-0.2, -0.15) is 0 Å². The van der Waals surface area contributed by atoms with Gasteiger partial charge in [0, 0.05) is 82.9 Å². The molecule has 0 atom stereocenters. The molecule has 1 aromatic carbocycles. The Balaban J connectivity index is 1.19. The maximum Gasteiger partial charge on any atom is 0.0487 e. The van der Waals surface area contributed by atoms with Gasteiger partial charge in [0.05, 0.1) is 0 Å². The molecule has 4 heterocycles. The lowest BCUT2D eigenvalue weighted by molar-refractivity contribution is 0.122. The highest BCUT2D eigenvalue weighted by atomic mass is 35.5. The number of fused-ring (bicyclic) bond motifs is 2. The average molecular weight is 397 g/mol. The van der Waals surface area contributed by atoms with Gasteiger partial charge in [0.25, 0.3) is 0 Å². The molecule has 0 unspecified atom stereocenters. The normalized spacial score (nSPS) is 16.5. The van der Waals surface area contributed by atoms with Gasteiger partial charge in [0.15, 0.2) is 0 Å². The summed E-state index contributed by atoms with van der Waals surface area (Å²) in [5, 5.41) is 3.31. The second-order valence-electron chi connectivity index (χ2n) is 7.20. The van der Waals surface area contributed by atoms with Crippen LogP contribution in [0.15, 0.2) is 48.8 Å². The first-order valence-electron chi connectivity index (χ1n) is 9.27. The maximum atomic E-state index is 6.11. The minimum absolute atomic E-state index is 0.817. The lowest BCUT2D eigenvalue weighted by atomic mass is 10.2. The zero-order valence-corrected chi connectivity index (χ0v) is 16.6. The summed E-state index contributed by atoms with van der Waals surface area (Å²) < 4.78 is 1.28. The predicted octanol–water partition coefficient (Wildman–Crippen LogP) is 4.75. The lowest BCUT2D eigenvalue weighted by Crippen LogP contribution is -2.45. The first-order chi connectivity index (χ1) is 13.2. The summed E-state index contributed by atoms with van der Waals surface area (Å²) in [7, 11) is 0. The Labute approximate surface area is 167 Å². The fourth-order valence-electron chi connectivity index (χ4n) is 3.82. The molecular formula is C21H21ClN4S. The van der Waals surface area contributed by atoms with Crippen molar-refractivity contribution in [3.8, 4) is 0 Å². The van der Waals surface area contributed by atoms with Crippen molar-refractivity contribution in [2.24, 2.45) is 0 Å². The molecule has 138 valence electrons. The summed E-state index contributed by atoms with van der Waals surface area (Å²) in [6.45, 7) is 6.43. The van der Waals surface area contributed by atoms with Gasteiger partial charge < -0.3 is 4.98 Å². The smallest absolute Gasteiger partial charge is 0.0487 e. The van der Waals surface area contributed by atoms with Crippen LogP contribution in [0, 0.1) is 0 Å². The molecule has 1 fully saturated rings. The number of nitrogens with zero attached hydrogens (tertiary/aromatic N) is 3. The van der Waals surface area contributed by atoms with E-state index < -0.39 is 0 Å². The highest BCUT2D eigenvalue weighted by molar-refractivity contribution is 7.19. The van der Waals surface area contributed by atoms with E-state index >= 15 is 0 Å².